The van der Waals surface area contributed by atoms with Gasteiger partial charge in [-0.2, -0.15) is 21.4 Å². The summed E-state index contributed by atoms with van der Waals surface area (Å²) in [4.78, 5) is 0.911. The molecule has 4 nitrogen and oxygen atoms in total. The molecule has 0 N–H and O–H groups in total. The Morgan fingerprint density at radius 3 is 2.73 bits per heavy atom. The van der Waals surface area contributed by atoms with Crippen molar-refractivity contribution >= 4 is 28.1 Å². The van der Waals surface area contributed by atoms with E-state index in [1.165, 1.54) is 5.56 Å². The number of rotatable bonds is 7. The third-order valence-electron chi connectivity index (χ3n) is 3.34. The van der Waals surface area contributed by atoms with Gasteiger partial charge >= 0.3 is 0 Å². The Kier molecular flexibility index (Phi) is 5.10. The zero-order valence-corrected chi connectivity index (χ0v) is 14.5. The van der Waals surface area contributed by atoms with Crippen LogP contribution in [0.4, 0.5) is 0 Å². The Morgan fingerprint density at radius 2 is 1.95 bits per heavy atom. The van der Waals surface area contributed by atoms with Crippen molar-refractivity contribution in [1.29, 1.82) is 0 Å². The van der Waals surface area contributed by atoms with E-state index in [-0.39, 0.29) is 0 Å². The normalized spacial score (nSPS) is 11.6. The first-order chi connectivity index (χ1) is 10.7. The average Bonchev–Trinajstić information content (AvgIpc) is 3.06. The highest BCUT2D eigenvalue weighted by Crippen LogP contribution is 2.20. The first-order valence-corrected chi connectivity index (χ1v) is 9.44. The van der Waals surface area contributed by atoms with Crippen LogP contribution in [0.3, 0.4) is 0 Å². The van der Waals surface area contributed by atoms with Crippen LogP contribution >= 0.6 is 23.1 Å². The Bertz CT molecular complexity index is 718. The molecule has 116 valence electrons. The summed E-state index contributed by atoms with van der Waals surface area (Å²) >= 11 is 3.53. The van der Waals surface area contributed by atoms with Crippen molar-refractivity contribution in [2.75, 3.05) is 0 Å². The SMILES string of the molecule is CC(C)SCc1nnc2sc(CCCc3ccccc3)nn12. The van der Waals surface area contributed by atoms with Gasteiger partial charge in [-0.1, -0.05) is 55.5 Å². The molecular weight excluding hydrogens is 312 g/mol. The molecule has 0 aliphatic rings. The van der Waals surface area contributed by atoms with E-state index in [1.54, 1.807) is 11.3 Å². The fourth-order valence-electron chi connectivity index (χ4n) is 2.22. The van der Waals surface area contributed by atoms with Gasteiger partial charge < -0.3 is 0 Å². The van der Waals surface area contributed by atoms with Crippen LogP contribution < -0.4 is 0 Å². The van der Waals surface area contributed by atoms with Crippen LogP contribution in [0.15, 0.2) is 30.3 Å². The Labute approximate surface area is 139 Å². The molecule has 0 bridgehead atoms. The van der Waals surface area contributed by atoms with Gasteiger partial charge in [-0.15, -0.1) is 10.2 Å². The highest BCUT2D eigenvalue weighted by atomic mass is 32.2. The van der Waals surface area contributed by atoms with Gasteiger partial charge in [-0.3, -0.25) is 0 Å². The van der Waals surface area contributed by atoms with Gasteiger partial charge in [0.05, 0.1) is 5.75 Å². The van der Waals surface area contributed by atoms with Crippen LogP contribution in [0.5, 0.6) is 0 Å². The van der Waals surface area contributed by atoms with E-state index in [4.69, 9.17) is 0 Å². The van der Waals surface area contributed by atoms with Crippen LogP contribution in [0, 0.1) is 0 Å². The molecule has 0 aliphatic carbocycles. The lowest BCUT2D eigenvalue weighted by Crippen LogP contribution is -1.98. The van der Waals surface area contributed by atoms with Crippen LogP contribution in [0.1, 0.15) is 36.7 Å². The molecule has 22 heavy (non-hydrogen) atoms. The van der Waals surface area contributed by atoms with Gasteiger partial charge in [-0.05, 0) is 23.7 Å². The van der Waals surface area contributed by atoms with E-state index in [0.717, 1.165) is 40.8 Å². The van der Waals surface area contributed by atoms with Crippen LogP contribution in [-0.2, 0) is 18.6 Å². The lowest BCUT2D eigenvalue weighted by atomic mass is 10.1. The van der Waals surface area contributed by atoms with Crippen molar-refractivity contribution in [3.63, 3.8) is 0 Å². The maximum Gasteiger partial charge on any atom is 0.234 e. The Morgan fingerprint density at radius 1 is 1.14 bits per heavy atom. The molecule has 0 amide bonds. The van der Waals surface area contributed by atoms with E-state index in [9.17, 15) is 0 Å². The van der Waals surface area contributed by atoms with E-state index >= 15 is 0 Å². The minimum Gasteiger partial charge on any atom is -0.186 e. The van der Waals surface area contributed by atoms with E-state index < -0.39 is 0 Å². The summed E-state index contributed by atoms with van der Waals surface area (Å²) in [5.41, 5.74) is 1.39. The van der Waals surface area contributed by atoms with Crippen molar-refractivity contribution in [2.24, 2.45) is 0 Å². The number of fused-ring (bicyclic) bond motifs is 1. The third-order valence-corrected chi connectivity index (χ3v) is 5.39. The number of nitrogens with zero attached hydrogens (tertiary/aromatic N) is 4. The number of thioether (sulfide) groups is 1. The fourth-order valence-corrected chi connectivity index (χ4v) is 3.77. The smallest absolute Gasteiger partial charge is 0.186 e. The molecule has 0 fully saturated rings. The Balaban J connectivity index is 1.60. The van der Waals surface area contributed by atoms with E-state index in [1.807, 2.05) is 16.3 Å². The summed E-state index contributed by atoms with van der Waals surface area (Å²) in [5.74, 6) is 1.82. The molecule has 0 unspecified atom stereocenters. The average molecular weight is 332 g/mol. The molecule has 0 saturated carbocycles. The molecule has 0 spiro atoms. The van der Waals surface area contributed by atoms with Crippen LogP contribution in [0.25, 0.3) is 4.96 Å². The van der Waals surface area contributed by atoms with Gasteiger partial charge in [-0.25, -0.2) is 0 Å². The van der Waals surface area contributed by atoms with E-state index in [0.29, 0.717) is 5.25 Å². The molecule has 0 radical (unpaired) electrons. The summed E-state index contributed by atoms with van der Waals surface area (Å²) < 4.78 is 1.91. The zero-order chi connectivity index (χ0) is 15.4. The topological polar surface area (TPSA) is 43.1 Å². The third kappa shape index (κ3) is 3.87. The molecule has 0 aliphatic heterocycles. The molecule has 2 heterocycles. The van der Waals surface area contributed by atoms with Gasteiger partial charge in [0.15, 0.2) is 5.82 Å². The molecule has 1 aromatic carbocycles. The maximum absolute atomic E-state index is 4.68. The van der Waals surface area contributed by atoms with Crippen molar-refractivity contribution in [2.45, 2.75) is 44.1 Å². The first kappa shape index (κ1) is 15.5. The van der Waals surface area contributed by atoms with E-state index in [2.05, 4.69) is 59.5 Å². The number of hydrogen-bond donors (Lipinski definition) is 0. The molecule has 2 aromatic heterocycles. The summed E-state index contributed by atoms with van der Waals surface area (Å²) in [7, 11) is 0. The van der Waals surface area contributed by atoms with Gasteiger partial charge in [0.1, 0.15) is 5.01 Å². The second-order valence-corrected chi connectivity index (χ2v) is 8.11. The lowest BCUT2D eigenvalue weighted by molar-refractivity contribution is 0.777. The predicted octanol–water partition coefficient (Wildman–Crippen LogP) is 4.00. The largest absolute Gasteiger partial charge is 0.234 e. The highest BCUT2D eigenvalue weighted by Gasteiger charge is 2.12. The molecule has 6 heteroatoms. The fraction of sp³-hybridized carbons (Fsp3) is 0.438. The molecule has 3 rings (SSSR count). The molecule has 0 atom stereocenters. The van der Waals surface area contributed by atoms with Crippen molar-refractivity contribution in [1.82, 2.24) is 19.8 Å². The summed E-state index contributed by atoms with van der Waals surface area (Å²) in [6.45, 7) is 4.39. The highest BCUT2D eigenvalue weighted by molar-refractivity contribution is 7.99. The van der Waals surface area contributed by atoms with Crippen molar-refractivity contribution < 1.29 is 0 Å². The Hall–Kier alpha value is -1.40. The molecular formula is C16H20N4S2. The van der Waals surface area contributed by atoms with Crippen molar-refractivity contribution in [3.05, 3.63) is 46.7 Å². The number of aryl methyl sites for hydroxylation is 2. The standard InChI is InChI=1S/C16H20N4S2/c1-12(2)21-11-14-17-18-16-20(14)19-15(22-16)10-6-9-13-7-4-3-5-8-13/h3-5,7-8,12H,6,9-11H2,1-2H3. The minimum absolute atomic E-state index is 0.594. The zero-order valence-electron chi connectivity index (χ0n) is 12.9. The lowest BCUT2D eigenvalue weighted by Gasteiger charge is -2.01. The van der Waals surface area contributed by atoms with Crippen LogP contribution in [-0.4, -0.2) is 25.1 Å². The van der Waals surface area contributed by atoms with Crippen molar-refractivity contribution in [3.8, 4) is 0 Å². The summed E-state index contributed by atoms with van der Waals surface area (Å²) in [6.07, 6.45) is 3.21. The minimum atomic E-state index is 0.594. The van der Waals surface area contributed by atoms with Gasteiger partial charge in [0, 0.05) is 6.42 Å². The second-order valence-electron chi connectivity index (χ2n) is 5.51. The first-order valence-electron chi connectivity index (χ1n) is 7.58. The monoisotopic (exact) mass is 332 g/mol. The van der Waals surface area contributed by atoms with Gasteiger partial charge in [0.2, 0.25) is 4.96 Å². The molecule has 3 aromatic rings. The summed E-state index contributed by atoms with van der Waals surface area (Å²) in [6, 6.07) is 10.6. The van der Waals surface area contributed by atoms with Crippen LogP contribution in [0.2, 0.25) is 0 Å². The quantitative estimate of drug-likeness (QED) is 0.656. The maximum atomic E-state index is 4.68. The van der Waals surface area contributed by atoms with Gasteiger partial charge in [0.25, 0.3) is 0 Å². The predicted molar refractivity (Wildman–Crippen MR) is 93.6 cm³/mol. The molecule has 0 saturated heterocycles. The number of hydrogen-bond acceptors (Lipinski definition) is 5. The number of aromatic nitrogens is 4. The second kappa shape index (κ2) is 7.24. The summed E-state index contributed by atoms with van der Waals surface area (Å²) in [5, 5.41) is 14.9. The number of benzene rings is 1.